The lowest BCUT2D eigenvalue weighted by Gasteiger charge is -2.27. The molecule has 0 saturated heterocycles. The highest BCUT2D eigenvalue weighted by molar-refractivity contribution is 7.98. The largest absolute Gasteiger partial charge is 0.465 e. The summed E-state index contributed by atoms with van der Waals surface area (Å²) in [4.78, 5) is 11.8. The van der Waals surface area contributed by atoms with Crippen LogP contribution in [0.3, 0.4) is 0 Å². The number of rotatable bonds is 7. The molecule has 1 unspecified atom stereocenters. The highest BCUT2D eigenvalue weighted by atomic mass is 32.2. The quantitative estimate of drug-likeness (QED) is 0.713. The number of ether oxygens (including phenoxy) is 1. The van der Waals surface area contributed by atoms with E-state index < -0.39 is 0 Å². The fourth-order valence-electron chi connectivity index (χ4n) is 2.30. The minimum absolute atomic E-state index is 0.0767. The number of thioether (sulfide) groups is 1. The molecule has 1 N–H and O–H groups in total. The van der Waals surface area contributed by atoms with Gasteiger partial charge in [-0.15, -0.1) is 0 Å². The lowest BCUT2D eigenvalue weighted by molar-refractivity contribution is -0.146. The zero-order chi connectivity index (χ0) is 12.5. The van der Waals surface area contributed by atoms with Crippen LogP contribution in [0.15, 0.2) is 0 Å². The van der Waals surface area contributed by atoms with Gasteiger partial charge in [0.2, 0.25) is 0 Å². The van der Waals surface area contributed by atoms with Gasteiger partial charge in [-0.3, -0.25) is 4.79 Å². The third-order valence-corrected chi connectivity index (χ3v) is 3.87. The number of esters is 1. The molecule has 100 valence electrons. The van der Waals surface area contributed by atoms with Crippen LogP contribution in [-0.4, -0.2) is 36.7 Å². The molecular weight excluding hydrogens is 234 g/mol. The Morgan fingerprint density at radius 1 is 1.41 bits per heavy atom. The van der Waals surface area contributed by atoms with Crippen molar-refractivity contribution in [3.63, 3.8) is 0 Å². The zero-order valence-electron chi connectivity index (χ0n) is 11.0. The van der Waals surface area contributed by atoms with Crippen molar-refractivity contribution in [3.05, 3.63) is 0 Å². The maximum atomic E-state index is 11.8. The molecule has 3 nitrogen and oxygen atoms in total. The molecule has 0 amide bonds. The first-order valence-corrected chi connectivity index (χ1v) is 8.09. The first kappa shape index (κ1) is 14.8. The zero-order valence-corrected chi connectivity index (χ0v) is 11.9. The van der Waals surface area contributed by atoms with Crippen LogP contribution < -0.4 is 5.32 Å². The van der Waals surface area contributed by atoms with Crippen LogP contribution in [0.5, 0.6) is 0 Å². The number of nitrogens with one attached hydrogen (secondary N) is 1. The van der Waals surface area contributed by atoms with E-state index in [0.29, 0.717) is 12.6 Å². The van der Waals surface area contributed by atoms with E-state index in [9.17, 15) is 4.79 Å². The van der Waals surface area contributed by atoms with E-state index in [4.69, 9.17) is 4.74 Å². The molecule has 1 saturated carbocycles. The van der Waals surface area contributed by atoms with Gasteiger partial charge in [-0.25, -0.2) is 0 Å². The van der Waals surface area contributed by atoms with Crippen molar-refractivity contribution in [2.45, 2.75) is 57.5 Å². The Labute approximate surface area is 109 Å². The lowest BCUT2D eigenvalue weighted by atomic mass is 9.94. The number of hydrogen-bond donors (Lipinski definition) is 1. The van der Waals surface area contributed by atoms with Gasteiger partial charge in [-0.1, -0.05) is 19.3 Å². The third kappa shape index (κ3) is 5.77. The van der Waals surface area contributed by atoms with E-state index in [0.717, 1.165) is 12.2 Å². The maximum Gasteiger partial charge on any atom is 0.323 e. The molecule has 0 aromatic heterocycles. The molecule has 1 rings (SSSR count). The van der Waals surface area contributed by atoms with Crippen LogP contribution in [-0.2, 0) is 9.53 Å². The molecule has 4 heteroatoms. The molecule has 0 aromatic carbocycles. The van der Waals surface area contributed by atoms with Crippen LogP contribution in [0.4, 0.5) is 0 Å². The monoisotopic (exact) mass is 259 g/mol. The van der Waals surface area contributed by atoms with Gasteiger partial charge in [0.25, 0.3) is 0 Å². The molecule has 0 bridgehead atoms. The van der Waals surface area contributed by atoms with Gasteiger partial charge < -0.3 is 10.1 Å². The number of carbonyl (C=O) groups excluding carboxylic acids is 1. The molecular formula is C13H25NO2S. The number of carbonyl (C=O) groups is 1. The lowest BCUT2D eigenvalue weighted by Crippen LogP contribution is -2.45. The van der Waals surface area contributed by atoms with E-state index in [1.807, 2.05) is 6.92 Å². The third-order valence-electron chi connectivity index (χ3n) is 3.22. The van der Waals surface area contributed by atoms with Gasteiger partial charge in [0.15, 0.2) is 0 Å². The first-order valence-electron chi connectivity index (χ1n) is 6.69. The van der Waals surface area contributed by atoms with Crippen LogP contribution >= 0.6 is 11.8 Å². The summed E-state index contributed by atoms with van der Waals surface area (Å²) in [6.45, 7) is 2.34. The van der Waals surface area contributed by atoms with Crippen LogP contribution in [0.1, 0.15) is 45.4 Å². The molecule has 1 aliphatic carbocycles. The van der Waals surface area contributed by atoms with Crippen molar-refractivity contribution in [2.75, 3.05) is 18.6 Å². The minimum atomic E-state index is -0.106. The molecule has 1 atom stereocenters. The van der Waals surface area contributed by atoms with E-state index in [1.54, 1.807) is 11.8 Å². The van der Waals surface area contributed by atoms with Crippen molar-refractivity contribution in [1.82, 2.24) is 5.32 Å². The van der Waals surface area contributed by atoms with Crippen molar-refractivity contribution in [3.8, 4) is 0 Å². The molecule has 1 aliphatic rings. The Hall–Kier alpha value is -0.220. The highest BCUT2D eigenvalue weighted by Gasteiger charge is 2.23. The standard InChI is InChI=1S/C13H25NO2S/c1-3-16-13(15)12(9-10-17-2)14-11-7-5-4-6-8-11/h11-12,14H,3-10H2,1-2H3. The van der Waals surface area contributed by atoms with Gasteiger partial charge in [0.05, 0.1) is 6.61 Å². The molecule has 0 spiro atoms. The SMILES string of the molecule is CCOC(=O)C(CCSC)NC1CCCCC1. The molecule has 17 heavy (non-hydrogen) atoms. The van der Waals surface area contributed by atoms with Crippen molar-refractivity contribution >= 4 is 17.7 Å². The fourth-order valence-corrected chi connectivity index (χ4v) is 2.77. The summed E-state index contributed by atoms with van der Waals surface area (Å²) in [5, 5.41) is 3.49. The van der Waals surface area contributed by atoms with Gasteiger partial charge in [0, 0.05) is 6.04 Å². The van der Waals surface area contributed by atoms with Crippen molar-refractivity contribution in [1.29, 1.82) is 0 Å². The minimum Gasteiger partial charge on any atom is -0.465 e. The van der Waals surface area contributed by atoms with Gasteiger partial charge in [-0.05, 0) is 38.2 Å². The Morgan fingerprint density at radius 2 is 2.12 bits per heavy atom. The highest BCUT2D eigenvalue weighted by Crippen LogP contribution is 2.18. The van der Waals surface area contributed by atoms with Crippen molar-refractivity contribution in [2.24, 2.45) is 0 Å². The summed E-state index contributed by atoms with van der Waals surface area (Å²) < 4.78 is 5.13. The average molecular weight is 259 g/mol. The Balaban J connectivity index is 2.40. The second-order valence-electron chi connectivity index (χ2n) is 4.59. The summed E-state index contributed by atoms with van der Waals surface area (Å²) in [6.07, 6.45) is 9.27. The average Bonchev–Trinajstić information content (AvgIpc) is 2.36. The molecule has 0 radical (unpaired) electrons. The predicted molar refractivity (Wildman–Crippen MR) is 73.4 cm³/mol. The van der Waals surface area contributed by atoms with Crippen LogP contribution in [0.2, 0.25) is 0 Å². The Bertz CT molecular complexity index is 217. The number of hydrogen-bond acceptors (Lipinski definition) is 4. The van der Waals surface area contributed by atoms with Gasteiger partial charge >= 0.3 is 5.97 Å². The summed E-state index contributed by atoms with van der Waals surface area (Å²) in [5.41, 5.74) is 0. The predicted octanol–water partition coefficient (Wildman–Crippen LogP) is 2.59. The summed E-state index contributed by atoms with van der Waals surface area (Å²) >= 11 is 1.78. The summed E-state index contributed by atoms with van der Waals surface area (Å²) in [6, 6.07) is 0.408. The Kier molecular flexibility index (Phi) is 7.69. The normalized spacial score (nSPS) is 18.9. The van der Waals surface area contributed by atoms with E-state index in [2.05, 4.69) is 11.6 Å². The molecule has 0 aromatic rings. The first-order chi connectivity index (χ1) is 8.27. The maximum absolute atomic E-state index is 11.8. The van der Waals surface area contributed by atoms with Crippen LogP contribution in [0, 0.1) is 0 Å². The summed E-state index contributed by atoms with van der Waals surface area (Å²) in [7, 11) is 0. The fraction of sp³-hybridized carbons (Fsp3) is 0.923. The molecule has 0 heterocycles. The topological polar surface area (TPSA) is 38.3 Å². The van der Waals surface area contributed by atoms with E-state index in [1.165, 1.54) is 32.1 Å². The summed E-state index contributed by atoms with van der Waals surface area (Å²) in [5.74, 6) is 0.926. The van der Waals surface area contributed by atoms with E-state index in [-0.39, 0.29) is 12.0 Å². The second-order valence-corrected chi connectivity index (χ2v) is 5.57. The van der Waals surface area contributed by atoms with E-state index >= 15 is 0 Å². The molecule has 1 fully saturated rings. The van der Waals surface area contributed by atoms with Crippen molar-refractivity contribution < 1.29 is 9.53 Å². The smallest absolute Gasteiger partial charge is 0.323 e. The molecule has 0 aliphatic heterocycles. The van der Waals surface area contributed by atoms with Crippen LogP contribution in [0.25, 0.3) is 0 Å². The second kappa shape index (κ2) is 8.81. The van der Waals surface area contributed by atoms with Gasteiger partial charge in [-0.2, -0.15) is 11.8 Å². The Morgan fingerprint density at radius 3 is 2.71 bits per heavy atom. The van der Waals surface area contributed by atoms with Gasteiger partial charge in [0.1, 0.15) is 6.04 Å².